The Kier molecular flexibility index (Phi) is 3.93. The Hall–Kier alpha value is -2.98. The van der Waals surface area contributed by atoms with Crippen molar-refractivity contribution in [3.63, 3.8) is 0 Å². The number of nitrogens with two attached hydrogens (primary N) is 1. The number of imide groups is 1. The molecule has 2 aromatic rings. The van der Waals surface area contributed by atoms with Crippen molar-refractivity contribution < 1.29 is 18.0 Å². The number of amides is 2. The van der Waals surface area contributed by atoms with E-state index in [1.807, 2.05) is 0 Å². The maximum absolute atomic E-state index is 12.5. The average molecular weight is 362 g/mol. The number of nitrogens with one attached hydrogen (secondary N) is 2. The quantitative estimate of drug-likeness (QED) is 0.632. The van der Waals surface area contributed by atoms with E-state index in [0.29, 0.717) is 0 Å². The topological polar surface area (TPSA) is 140 Å². The number of hydrogen-bond acceptors (Lipinski definition) is 6. The van der Waals surface area contributed by atoms with Crippen LogP contribution in [0.1, 0.15) is 27.6 Å². The number of fused-ring (bicyclic) bond motifs is 1. The van der Waals surface area contributed by atoms with Crippen LogP contribution in [0.3, 0.4) is 0 Å². The molecule has 1 aromatic carbocycles. The smallest absolute Gasteiger partial charge is 0.262 e. The number of anilines is 1. The third-order valence-corrected chi connectivity index (χ3v) is 5.28. The van der Waals surface area contributed by atoms with Crippen molar-refractivity contribution >= 4 is 27.7 Å². The van der Waals surface area contributed by atoms with Crippen LogP contribution >= 0.6 is 0 Å². The highest BCUT2D eigenvalue weighted by Gasteiger charge is 2.32. The molecule has 10 heteroatoms. The van der Waals surface area contributed by atoms with Crippen molar-refractivity contribution in [3.8, 4) is 5.69 Å². The highest BCUT2D eigenvalue weighted by atomic mass is 32.2. The summed E-state index contributed by atoms with van der Waals surface area (Å²) < 4.78 is 28.0. The number of carbonyl (C=O) groups is 2. The van der Waals surface area contributed by atoms with E-state index in [0.717, 1.165) is 10.6 Å². The zero-order valence-electron chi connectivity index (χ0n) is 13.1. The number of para-hydroxylation sites is 1. The van der Waals surface area contributed by atoms with Gasteiger partial charge in [0.25, 0.3) is 17.4 Å². The summed E-state index contributed by atoms with van der Waals surface area (Å²) in [5, 5.41) is 2.05. The highest BCUT2D eigenvalue weighted by Crippen LogP contribution is 2.26. The fraction of sp³-hybridized carbons (Fsp3) is 0.133. The summed E-state index contributed by atoms with van der Waals surface area (Å²) in [4.78, 5) is 35.9. The van der Waals surface area contributed by atoms with Gasteiger partial charge in [0.15, 0.2) is 0 Å². The Morgan fingerprint density at radius 1 is 1.16 bits per heavy atom. The predicted molar refractivity (Wildman–Crippen MR) is 89.1 cm³/mol. The first-order valence-corrected chi connectivity index (χ1v) is 8.76. The lowest BCUT2D eigenvalue weighted by Gasteiger charge is -2.15. The lowest BCUT2D eigenvalue weighted by atomic mass is 10.1. The summed E-state index contributed by atoms with van der Waals surface area (Å²) >= 11 is 0. The van der Waals surface area contributed by atoms with Crippen LogP contribution in [-0.4, -0.2) is 31.3 Å². The molecule has 2 amide bonds. The van der Waals surface area contributed by atoms with E-state index in [-0.39, 0.29) is 34.1 Å². The number of carbonyl (C=O) groups excluding carboxylic acids is 2. The Morgan fingerprint density at radius 3 is 2.52 bits per heavy atom. The van der Waals surface area contributed by atoms with E-state index in [2.05, 4.69) is 10.0 Å². The second-order valence-electron chi connectivity index (χ2n) is 5.24. The molecule has 25 heavy (non-hydrogen) atoms. The molecule has 130 valence electrons. The SMILES string of the molecule is CCNS(=O)(=O)c1ccccc1-n1c(N)c2c(cc1=O)C(=O)NC2=O. The van der Waals surface area contributed by atoms with E-state index >= 15 is 0 Å². The van der Waals surface area contributed by atoms with Crippen molar-refractivity contribution in [1.29, 1.82) is 0 Å². The minimum Gasteiger partial charge on any atom is -0.384 e. The second-order valence-corrected chi connectivity index (χ2v) is 6.98. The number of pyridine rings is 1. The summed E-state index contributed by atoms with van der Waals surface area (Å²) in [6, 6.07) is 6.70. The fourth-order valence-electron chi connectivity index (χ4n) is 2.66. The standard InChI is InChI=1S/C15H14N4O5S/c1-2-17-25(23,24)10-6-4-3-5-9(10)19-11(20)7-8-12(13(19)16)15(22)18-14(8)21/h3-7,17H,2,16H2,1H3,(H,18,21,22). The molecule has 1 aromatic heterocycles. The van der Waals surface area contributed by atoms with E-state index in [1.54, 1.807) is 6.92 Å². The van der Waals surface area contributed by atoms with Gasteiger partial charge in [0.05, 0.1) is 16.8 Å². The van der Waals surface area contributed by atoms with Crippen molar-refractivity contribution in [2.75, 3.05) is 12.3 Å². The largest absolute Gasteiger partial charge is 0.384 e. The summed E-state index contributed by atoms with van der Waals surface area (Å²) in [5.41, 5.74) is 4.92. The van der Waals surface area contributed by atoms with E-state index in [1.165, 1.54) is 24.3 Å². The lowest BCUT2D eigenvalue weighted by Crippen LogP contribution is -2.28. The van der Waals surface area contributed by atoms with E-state index < -0.39 is 27.4 Å². The third-order valence-electron chi connectivity index (χ3n) is 3.68. The Balaban J connectivity index is 2.34. The highest BCUT2D eigenvalue weighted by molar-refractivity contribution is 7.89. The molecule has 1 aliphatic rings. The van der Waals surface area contributed by atoms with Gasteiger partial charge in [-0.15, -0.1) is 0 Å². The molecular formula is C15H14N4O5S. The number of nitrogens with zero attached hydrogens (tertiary/aromatic N) is 1. The Bertz CT molecular complexity index is 1070. The van der Waals surface area contributed by atoms with Crippen LogP contribution in [0.15, 0.2) is 40.0 Å². The number of aromatic nitrogens is 1. The zero-order valence-corrected chi connectivity index (χ0v) is 13.9. The average Bonchev–Trinajstić information content (AvgIpc) is 2.82. The van der Waals surface area contributed by atoms with Gasteiger partial charge in [-0.05, 0) is 12.1 Å². The molecule has 0 fully saturated rings. The fourth-order valence-corrected chi connectivity index (χ4v) is 3.89. The molecule has 0 saturated carbocycles. The predicted octanol–water partition coefficient (Wildman–Crippen LogP) is -0.399. The van der Waals surface area contributed by atoms with Crippen LogP contribution < -0.4 is 21.3 Å². The van der Waals surface area contributed by atoms with Crippen molar-refractivity contribution in [2.24, 2.45) is 0 Å². The van der Waals surface area contributed by atoms with Crippen LogP contribution in [0.4, 0.5) is 5.82 Å². The van der Waals surface area contributed by atoms with Crippen molar-refractivity contribution in [1.82, 2.24) is 14.6 Å². The van der Waals surface area contributed by atoms with Gasteiger partial charge in [0.2, 0.25) is 10.0 Å². The maximum Gasteiger partial charge on any atom is 0.262 e. The molecule has 0 saturated heterocycles. The first-order chi connectivity index (χ1) is 11.8. The lowest BCUT2D eigenvalue weighted by molar-refractivity contribution is 0.0880. The molecular weight excluding hydrogens is 348 g/mol. The first kappa shape index (κ1) is 16.9. The zero-order chi connectivity index (χ0) is 18.4. The number of rotatable bonds is 4. The maximum atomic E-state index is 12.5. The van der Waals surface area contributed by atoms with Gasteiger partial charge in [-0.2, -0.15) is 0 Å². The molecule has 0 atom stereocenters. The molecule has 0 spiro atoms. The third kappa shape index (κ3) is 2.61. The van der Waals surface area contributed by atoms with Crippen molar-refractivity contribution in [3.05, 3.63) is 51.8 Å². The summed E-state index contributed by atoms with van der Waals surface area (Å²) in [7, 11) is -3.89. The van der Waals surface area contributed by atoms with Crippen molar-refractivity contribution in [2.45, 2.75) is 11.8 Å². The molecule has 4 N–H and O–H groups in total. The van der Waals surface area contributed by atoms with Crippen LogP contribution in [0.5, 0.6) is 0 Å². The van der Waals surface area contributed by atoms with Gasteiger partial charge < -0.3 is 5.73 Å². The van der Waals surface area contributed by atoms with Gasteiger partial charge in [-0.1, -0.05) is 19.1 Å². The minimum absolute atomic E-state index is 0.0131. The molecule has 9 nitrogen and oxygen atoms in total. The number of benzene rings is 1. The van der Waals surface area contributed by atoms with Gasteiger partial charge in [-0.25, -0.2) is 13.1 Å². The van der Waals surface area contributed by atoms with Crippen LogP contribution in [0.2, 0.25) is 0 Å². The number of nitrogen functional groups attached to an aromatic ring is 1. The van der Waals surface area contributed by atoms with Gasteiger partial charge in [-0.3, -0.25) is 24.3 Å². The molecule has 0 unspecified atom stereocenters. The summed E-state index contributed by atoms with van der Waals surface area (Å²) in [5.74, 6) is -1.76. The minimum atomic E-state index is -3.89. The Labute approximate surface area is 142 Å². The van der Waals surface area contributed by atoms with Crippen LogP contribution in [0, 0.1) is 0 Å². The summed E-state index contributed by atoms with van der Waals surface area (Å²) in [6.45, 7) is 1.77. The molecule has 3 rings (SSSR count). The number of hydrogen-bond donors (Lipinski definition) is 3. The molecule has 1 aliphatic heterocycles. The molecule has 0 aliphatic carbocycles. The molecule has 2 heterocycles. The first-order valence-electron chi connectivity index (χ1n) is 7.28. The molecule has 0 radical (unpaired) electrons. The normalized spacial score (nSPS) is 13.6. The monoisotopic (exact) mass is 362 g/mol. The van der Waals surface area contributed by atoms with Crippen LogP contribution in [-0.2, 0) is 10.0 Å². The van der Waals surface area contributed by atoms with Crippen LogP contribution in [0.25, 0.3) is 5.69 Å². The summed E-state index contributed by atoms with van der Waals surface area (Å²) in [6.07, 6.45) is 0. The van der Waals surface area contributed by atoms with Gasteiger partial charge in [0.1, 0.15) is 10.7 Å². The number of sulfonamides is 1. The van der Waals surface area contributed by atoms with Gasteiger partial charge >= 0.3 is 0 Å². The Morgan fingerprint density at radius 2 is 1.84 bits per heavy atom. The second kappa shape index (κ2) is 5.83. The van der Waals surface area contributed by atoms with Gasteiger partial charge in [0, 0.05) is 12.6 Å². The van der Waals surface area contributed by atoms with E-state index in [4.69, 9.17) is 5.73 Å². The van der Waals surface area contributed by atoms with E-state index in [9.17, 15) is 22.8 Å². The molecule has 0 bridgehead atoms.